The van der Waals surface area contributed by atoms with Gasteiger partial charge in [-0.1, -0.05) is 30.3 Å². The van der Waals surface area contributed by atoms with Crippen molar-refractivity contribution in [2.75, 3.05) is 13.1 Å². The van der Waals surface area contributed by atoms with E-state index in [1.54, 1.807) is 11.8 Å². The Morgan fingerprint density at radius 1 is 1.29 bits per heavy atom. The van der Waals surface area contributed by atoms with E-state index >= 15 is 0 Å². The standard InChI is InChI=1S/C16H22N2O3/c1-16(15(20)21)9-5-6-10-18(16)12-14(19)17-11-13-7-3-2-4-8-13/h2-4,7-8H,5-6,9-12H2,1H3,(H,17,19)(H,20,21). The molecule has 1 heterocycles. The maximum absolute atomic E-state index is 12.0. The van der Waals surface area contributed by atoms with E-state index in [9.17, 15) is 14.7 Å². The predicted octanol–water partition coefficient (Wildman–Crippen LogP) is 1.63. The van der Waals surface area contributed by atoms with Crippen LogP contribution in [0.3, 0.4) is 0 Å². The highest BCUT2D eigenvalue weighted by Gasteiger charge is 2.41. The molecule has 1 amide bonds. The third kappa shape index (κ3) is 3.82. The number of aliphatic carboxylic acids is 1. The second kappa shape index (κ2) is 6.72. The van der Waals surface area contributed by atoms with E-state index in [0.717, 1.165) is 18.4 Å². The Balaban J connectivity index is 1.90. The molecule has 1 fully saturated rings. The number of carbonyl (C=O) groups is 2. The molecule has 1 saturated heterocycles. The summed E-state index contributed by atoms with van der Waals surface area (Å²) in [5.74, 6) is -0.980. The van der Waals surface area contributed by atoms with E-state index in [1.165, 1.54) is 0 Å². The molecule has 1 atom stereocenters. The number of hydrogen-bond acceptors (Lipinski definition) is 3. The second-order valence-corrected chi connectivity index (χ2v) is 5.72. The highest BCUT2D eigenvalue weighted by Crippen LogP contribution is 2.27. The van der Waals surface area contributed by atoms with Crippen molar-refractivity contribution in [2.24, 2.45) is 0 Å². The minimum Gasteiger partial charge on any atom is -0.480 e. The molecule has 0 aromatic heterocycles. The Labute approximate surface area is 125 Å². The van der Waals surface area contributed by atoms with Gasteiger partial charge in [-0.25, -0.2) is 0 Å². The highest BCUT2D eigenvalue weighted by atomic mass is 16.4. The Kier molecular flexibility index (Phi) is 4.96. The number of carboxylic acid groups (broad SMARTS) is 1. The normalized spacial score (nSPS) is 22.7. The number of nitrogens with one attached hydrogen (secondary N) is 1. The van der Waals surface area contributed by atoms with Gasteiger partial charge in [0.2, 0.25) is 5.91 Å². The van der Waals surface area contributed by atoms with Gasteiger partial charge in [0.05, 0.1) is 6.54 Å². The molecule has 1 unspecified atom stereocenters. The van der Waals surface area contributed by atoms with Gasteiger partial charge in [0.1, 0.15) is 5.54 Å². The van der Waals surface area contributed by atoms with Gasteiger partial charge in [-0.05, 0) is 38.3 Å². The van der Waals surface area contributed by atoms with Crippen LogP contribution in [-0.2, 0) is 16.1 Å². The molecule has 0 spiro atoms. The largest absolute Gasteiger partial charge is 0.480 e. The Morgan fingerprint density at radius 3 is 2.67 bits per heavy atom. The SMILES string of the molecule is CC1(C(=O)O)CCCCN1CC(=O)NCc1ccccc1. The van der Waals surface area contributed by atoms with Crippen LogP contribution in [0.25, 0.3) is 0 Å². The number of nitrogens with zero attached hydrogens (tertiary/aromatic N) is 1. The molecule has 5 nitrogen and oxygen atoms in total. The minimum absolute atomic E-state index is 0.131. The van der Waals surface area contributed by atoms with Gasteiger partial charge in [0, 0.05) is 6.54 Å². The van der Waals surface area contributed by atoms with Gasteiger partial charge in [-0.3, -0.25) is 14.5 Å². The van der Waals surface area contributed by atoms with Gasteiger partial charge in [-0.2, -0.15) is 0 Å². The number of benzene rings is 1. The van der Waals surface area contributed by atoms with Crippen LogP contribution in [0.4, 0.5) is 0 Å². The third-order valence-electron chi connectivity index (χ3n) is 4.17. The summed E-state index contributed by atoms with van der Waals surface area (Å²) in [5, 5.41) is 12.3. The lowest BCUT2D eigenvalue weighted by Gasteiger charge is -2.41. The zero-order chi connectivity index (χ0) is 15.3. The van der Waals surface area contributed by atoms with E-state index in [1.807, 2.05) is 30.3 Å². The van der Waals surface area contributed by atoms with Gasteiger partial charge in [0.15, 0.2) is 0 Å². The first-order valence-electron chi connectivity index (χ1n) is 7.31. The van der Waals surface area contributed by atoms with Crippen molar-refractivity contribution >= 4 is 11.9 Å². The maximum Gasteiger partial charge on any atom is 0.323 e. The number of piperidine rings is 1. The lowest BCUT2D eigenvalue weighted by molar-refractivity contribution is -0.153. The fourth-order valence-electron chi connectivity index (χ4n) is 2.70. The van der Waals surface area contributed by atoms with Crippen LogP contribution in [0.2, 0.25) is 0 Å². The first kappa shape index (κ1) is 15.5. The molecule has 0 bridgehead atoms. The van der Waals surface area contributed by atoms with E-state index < -0.39 is 11.5 Å². The Morgan fingerprint density at radius 2 is 2.00 bits per heavy atom. The summed E-state index contributed by atoms with van der Waals surface area (Å²) < 4.78 is 0. The van der Waals surface area contributed by atoms with Crippen molar-refractivity contribution in [3.63, 3.8) is 0 Å². The fraction of sp³-hybridized carbons (Fsp3) is 0.500. The summed E-state index contributed by atoms with van der Waals surface area (Å²) in [5.41, 5.74) is 0.105. The lowest BCUT2D eigenvalue weighted by atomic mass is 9.88. The average molecular weight is 290 g/mol. The van der Waals surface area contributed by atoms with Crippen LogP contribution in [0.5, 0.6) is 0 Å². The van der Waals surface area contributed by atoms with Crippen LogP contribution in [0, 0.1) is 0 Å². The Bertz CT molecular complexity index is 504. The monoisotopic (exact) mass is 290 g/mol. The number of carbonyl (C=O) groups excluding carboxylic acids is 1. The summed E-state index contributed by atoms with van der Waals surface area (Å²) in [7, 11) is 0. The van der Waals surface area contributed by atoms with Crippen LogP contribution in [0.15, 0.2) is 30.3 Å². The molecule has 5 heteroatoms. The molecule has 21 heavy (non-hydrogen) atoms. The molecule has 1 aromatic carbocycles. The fourth-order valence-corrected chi connectivity index (χ4v) is 2.70. The molecule has 2 rings (SSSR count). The third-order valence-corrected chi connectivity index (χ3v) is 4.17. The summed E-state index contributed by atoms with van der Waals surface area (Å²) in [6.45, 7) is 2.97. The average Bonchev–Trinajstić information content (AvgIpc) is 2.48. The van der Waals surface area contributed by atoms with Crippen LogP contribution >= 0.6 is 0 Å². The number of rotatable bonds is 5. The van der Waals surface area contributed by atoms with Gasteiger partial charge >= 0.3 is 5.97 Å². The first-order valence-corrected chi connectivity index (χ1v) is 7.31. The molecule has 1 aromatic rings. The number of hydrogen-bond donors (Lipinski definition) is 2. The first-order chi connectivity index (χ1) is 10.0. The predicted molar refractivity (Wildman–Crippen MR) is 79.8 cm³/mol. The Hall–Kier alpha value is -1.88. The van der Waals surface area contributed by atoms with Crippen molar-refractivity contribution in [2.45, 2.75) is 38.3 Å². The molecular formula is C16H22N2O3. The number of likely N-dealkylation sites (tertiary alicyclic amines) is 1. The second-order valence-electron chi connectivity index (χ2n) is 5.72. The summed E-state index contributed by atoms with van der Waals surface area (Å²) >= 11 is 0. The molecule has 0 aliphatic carbocycles. The van der Waals surface area contributed by atoms with Crippen molar-refractivity contribution in [3.05, 3.63) is 35.9 Å². The number of carboxylic acids is 1. The highest BCUT2D eigenvalue weighted by molar-refractivity contribution is 5.82. The zero-order valence-corrected chi connectivity index (χ0v) is 12.3. The maximum atomic E-state index is 12.0. The van der Waals surface area contributed by atoms with Crippen molar-refractivity contribution < 1.29 is 14.7 Å². The molecule has 1 aliphatic heterocycles. The van der Waals surface area contributed by atoms with Crippen LogP contribution in [-0.4, -0.2) is 40.5 Å². The molecule has 114 valence electrons. The van der Waals surface area contributed by atoms with Crippen LogP contribution in [0.1, 0.15) is 31.7 Å². The quantitative estimate of drug-likeness (QED) is 0.865. The summed E-state index contributed by atoms with van der Waals surface area (Å²) in [6, 6.07) is 9.67. The van der Waals surface area contributed by atoms with Crippen LogP contribution < -0.4 is 5.32 Å². The smallest absolute Gasteiger partial charge is 0.323 e. The zero-order valence-electron chi connectivity index (χ0n) is 12.3. The molecule has 0 saturated carbocycles. The van der Waals surface area contributed by atoms with E-state index in [2.05, 4.69) is 5.32 Å². The summed E-state index contributed by atoms with van der Waals surface area (Å²) in [4.78, 5) is 25.3. The lowest BCUT2D eigenvalue weighted by Crippen LogP contribution is -2.57. The molecular weight excluding hydrogens is 268 g/mol. The van der Waals surface area contributed by atoms with Gasteiger partial charge < -0.3 is 10.4 Å². The van der Waals surface area contributed by atoms with Gasteiger partial charge in [0.25, 0.3) is 0 Å². The summed E-state index contributed by atoms with van der Waals surface area (Å²) in [6.07, 6.45) is 2.42. The van der Waals surface area contributed by atoms with Crippen molar-refractivity contribution in [1.29, 1.82) is 0 Å². The number of amides is 1. The van der Waals surface area contributed by atoms with E-state index in [4.69, 9.17) is 0 Å². The van der Waals surface area contributed by atoms with Crippen molar-refractivity contribution in [3.8, 4) is 0 Å². The van der Waals surface area contributed by atoms with Crippen molar-refractivity contribution in [1.82, 2.24) is 10.2 Å². The van der Waals surface area contributed by atoms with Gasteiger partial charge in [-0.15, -0.1) is 0 Å². The molecule has 1 aliphatic rings. The minimum atomic E-state index is -0.928. The molecule has 0 radical (unpaired) electrons. The van der Waals surface area contributed by atoms with E-state index in [0.29, 0.717) is 19.5 Å². The molecule has 2 N–H and O–H groups in total. The van der Waals surface area contributed by atoms with E-state index in [-0.39, 0.29) is 12.5 Å². The topological polar surface area (TPSA) is 69.6 Å².